The van der Waals surface area contributed by atoms with Gasteiger partial charge in [0.25, 0.3) is 0 Å². The molecule has 1 aliphatic heterocycles. The molecule has 2 amide bonds. The molecule has 1 aromatic heterocycles. The number of esters is 1. The molecule has 11 heteroatoms. The third-order valence-corrected chi connectivity index (χ3v) is 5.03. The zero-order valence-electron chi connectivity index (χ0n) is 21.9. The fraction of sp³-hybridized carbons (Fsp3) is 0.739. The average Bonchev–Trinajstić information content (AvgIpc) is 3.06. The van der Waals surface area contributed by atoms with Crippen LogP contribution in [0.1, 0.15) is 70.2 Å². The fourth-order valence-corrected chi connectivity index (χ4v) is 3.36. The van der Waals surface area contributed by atoms with Crippen LogP contribution in [-0.4, -0.2) is 87.8 Å². The number of carbonyl (C=O) groups is 3. The van der Waals surface area contributed by atoms with Crippen LogP contribution in [0.4, 0.5) is 9.59 Å². The lowest BCUT2D eigenvalue weighted by molar-refractivity contribution is -0.0275. The van der Waals surface area contributed by atoms with E-state index in [1.165, 1.54) is 5.01 Å². The van der Waals surface area contributed by atoms with Crippen molar-refractivity contribution in [3.05, 3.63) is 17.0 Å². The van der Waals surface area contributed by atoms with Crippen molar-refractivity contribution >= 4 is 18.2 Å². The topological polar surface area (TPSA) is 106 Å². The van der Waals surface area contributed by atoms with E-state index in [-0.39, 0.29) is 13.2 Å². The maximum atomic E-state index is 12.8. The summed E-state index contributed by atoms with van der Waals surface area (Å²) in [6, 6.07) is 0. The van der Waals surface area contributed by atoms with Crippen molar-refractivity contribution in [2.75, 3.05) is 33.8 Å². The molecule has 34 heavy (non-hydrogen) atoms. The van der Waals surface area contributed by atoms with E-state index in [2.05, 4.69) is 5.10 Å². The van der Waals surface area contributed by atoms with Gasteiger partial charge in [0.15, 0.2) is 5.69 Å². The standard InChI is InChI=1S/C23H39N5O6/c1-10-32-19(29)18-16-15-27(21(31)34-23(5,6)7)12-11-17(16)24-28(18)14-13-25(8)26(9)20(30)33-22(2,3)4/h10-15H2,1-9H3. The van der Waals surface area contributed by atoms with Gasteiger partial charge in [-0.2, -0.15) is 5.10 Å². The Bertz CT molecular complexity index is 899. The van der Waals surface area contributed by atoms with E-state index in [1.54, 1.807) is 56.4 Å². The van der Waals surface area contributed by atoms with Crippen molar-refractivity contribution in [2.45, 2.75) is 79.2 Å². The molecule has 0 saturated heterocycles. The maximum Gasteiger partial charge on any atom is 0.424 e. The number of amides is 2. The molecule has 1 aliphatic rings. The van der Waals surface area contributed by atoms with Gasteiger partial charge in [-0.05, 0) is 48.5 Å². The molecule has 192 valence electrons. The summed E-state index contributed by atoms with van der Waals surface area (Å²) in [7, 11) is 3.37. The van der Waals surface area contributed by atoms with Crippen LogP contribution >= 0.6 is 0 Å². The van der Waals surface area contributed by atoms with Gasteiger partial charge in [0.1, 0.15) is 11.2 Å². The van der Waals surface area contributed by atoms with E-state index >= 15 is 0 Å². The zero-order valence-corrected chi connectivity index (χ0v) is 21.9. The molecule has 0 saturated carbocycles. The van der Waals surface area contributed by atoms with Gasteiger partial charge in [-0.1, -0.05) is 0 Å². The number of carbonyl (C=O) groups excluding carboxylic acids is 3. The van der Waals surface area contributed by atoms with E-state index in [0.29, 0.717) is 37.3 Å². The van der Waals surface area contributed by atoms with E-state index in [1.807, 2.05) is 20.8 Å². The Morgan fingerprint density at radius 3 is 2.21 bits per heavy atom. The second-order valence-corrected chi connectivity index (χ2v) is 10.3. The minimum absolute atomic E-state index is 0.214. The lowest BCUT2D eigenvalue weighted by Gasteiger charge is -2.30. The molecule has 0 radical (unpaired) electrons. The number of aromatic nitrogens is 2. The van der Waals surface area contributed by atoms with Gasteiger partial charge in [-0.15, -0.1) is 0 Å². The Morgan fingerprint density at radius 2 is 1.65 bits per heavy atom. The first-order chi connectivity index (χ1) is 15.6. The number of ether oxygens (including phenoxy) is 3. The largest absolute Gasteiger partial charge is 0.461 e. The molecule has 0 bridgehead atoms. The summed E-state index contributed by atoms with van der Waals surface area (Å²) in [5, 5.41) is 7.70. The maximum absolute atomic E-state index is 12.8. The number of hydrogen-bond acceptors (Lipinski definition) is 8. The van der Waals surface area contributed by atoms with Crippen LogP contribution in [0.5, 0.6) is 0 Å². The normalized spacial score (nSPS) is 14.0. The average molecular weight is 482 g/mol. The number of nitrogens with zero attached hydrogens (tertiary/aromatic N) is 5. The molecule has 1 aromatic rings. The first-order valence-electron chi connectivity index (χ1n) is 11.5. The van der Waals surface area contributed by atoms with Gasteiger partial charge in [-0.3, -0.25) is 4.68 Å². The van der Waals surface area contributed by atoms with E-state index in [9.17, 15) is 14.4 Å². The lowest BCUT2D eigenvalue weighted by atomic mass is 10.1. The quantitative estimate of drug-likeness (QED) is 0.347. The van der Waals surface area contributed by atoms with Crippen LogP contribution < -0.4 is 0 Å². The van der Waals surface area contributed by atoms with Gasteiger partial charge < -0.3 is 19.1 Å². The van der Waals surface area contributed by atoms with Crippen LogP contribution in [0.2, 0.25) is 0 Å². The minimum atomic E-state index is -0.615. The molecule has 0 fully saturated rings. The first kappa shape index (κ1) is 27.4. The molecule has 0 unspecified atom stereocenters. The van der Waals surface area contributed by atoms with Crippen LogP contribution in [0, 0.1) is 0 Å². The summed E-state index contributed by atoms with van der Waals surface area (Å²) in [5.41, 5.74) is 0.517. The number of rotatable bonds is 6. The third kappa shape index (κ3) is 7.34. The zero-order chi connectivity index (χ0) is 25.8. The lowest BCUT2D eigenvalue weighted by Crippen LogP contribution is -2.45. The molecule has 0 aliphatic carbocycles. The Morgan fingerprint density at radius 1 is 1.03 bits per heavy atom. The van der Waals surface area contributed by atoms with Gasteiger partial charge in [0.05, 0.1) is 25.4 Å². The summed E-state index contributed by atoms with van der Waals surface area (Å²) in [4.78, 5) is 39.3. The predicted molar refractivity (Wildman–Crippen MR) is 125 cm³/mol. The molecular formula is C23H39N5O6. The highest BCUT2D eigenvalue weighted by Crippen LogP contribution is 2.25. The van der Waals surface area contributed by atoms with Gasteiger partial charge >= 0.3 is 18.2 Å². The molecule has 2 rings (SSSR count). The number of hydrogen-bond donors (Lipinski definition) is 0. The second-order valence-electron chi connectivity index (χ2n) is 10.3. The predicted octanol–water partition coefficient (Wildman–Crippen LogP) is 3.07. The monoisotopic (exact) mass is 481 g/mol. The molecule has 11 nitrogen and oxygen atoms in total. The highest BCUT2D eigenvalue weighted by atomic mass is 16.6. The van der Waals surface area contributed by atoms with Crippen molar-refractivity contribution < 1.29 is 28.6 Å². The van der Waals surface area contributed by atoms with E-state index in [0.717, 1.165) is 5.69 Å². The highest BCUT2D eigenvalue weighted by Gasteiger charge is 2.33. The molecular weight excluding hydrogens is 442 g/mol. The number of likely N-dealkylation sites (N-methyl/N-ethyl adjacent to an activating group) is 1. The Hall–Kier alpha value is -2.82. The summed E-state index contributed by atoms with van der Waals surface area (Å²) in [5.74, 6) is -0.495. The highest BCUT2D eigenvalue weighted by molar-refractivity contribution is 5.90. The van der Waals surface area contributed by atoms with Crippen molar-refractivity contribution in [2.24, 2.45) is 0 Å². The summed E-state index contributed by atoms with van der Waals surface area (Å²) in [6.07, 6.45) is -0.408. The van der Waals surface area contributed by atoms with Crippen molar-refractivity contribution in [3.8, 4) is 0 Å². The SMILES string of the molecule is CCOC(=O)c1c2c(nn1CCN(C)N(C)C(=O)OC(C)(C)C)CCN(C(=O)OC(C)(C)C)C2. The fourth-order valence-electron chi connectivity index (χ4n) is 3.36. The number of hydrazine groups is 1. The molecule has 0 N–H and O–H groups in total. The second kappa shape index (κ2) is 10.6. The Kier molecular flexibility index (Phi) is 8.57. The smallest absolute Gasteiger partial charge is 0.424 e. The Labute approximate surface area is 201 Å². The van der Waals surface area contributed by atoms with Crippen LogP contribution in [0.25, 0.3) is 0 Å². The molecule has 0 atom stereocenters. The van der Waals surface area contributed by atoms with E-state index in [4.69, 9.17) is 14.2 Å². The summed E-state index contributed by atoms with van der Waals surface area (Å²) in [6.45, 7) is 14.2. The third-order valence-electron chi connectivity index (χ3n) is 5.03. The summed E-state index contributed by atoms with van der Waals surface area (Å²) < 4.78 is 17.8. The van der Waals surface area contributed by atoms with Crippen molar-refractivity contribution in [1.29, 1.82) is 0 Å². The van der Waals surface area contributed by atoms with Crippen molar-refractivity contribution in [3.63, 3.8) is 0 Å². The van der Waals surface area contributed by atoms with Crippen molar-refractivity contribution in [1.82, 2.24) is 24.7 Å². The minimum Gasteiger partial charge on any atom is -0.461 e. The van der Waals surface area contributed by atoms with Gasteiger partial charge in [-0.25, -0.2) is 24.4 Å². The molecule has 0 spiro atoms. The van der Waals surface area contributed by atoms with Gasteiger partial charge in [0, 0.05) is 39.2 Å². The van der Waals surface area contributed by atoms with E-state index < -0.39 is 29.4 Å². The van der Waals surface area contributed by atoms with Gasteiger partial charge in [0.2, 0.25) is 0 Å². The Balaban J connectivity index is 2.20. The first-order valence-corrected chi connectivity index (χ1v) is 11.5. The van der Waals surface area contributed by atoms with Crippen LogP contribution in [0.15, 0.2) is 0 Å². The summed E-state index contributed by atoms with van der Waals surface area (Å²) >= 11 is 0. The number of fused-ring (bicyclic) bond motifs is 1. The van der Waals surface area contributed by atoms with Crippen LogP contribution in [-0.2, 0) is 33.7 Å². The molecule has 0 aromatic carbocycles. The molecule has 2 heterocycles. The van der Waals surface area contributed by atoms with Crippen LogP contribution in [0.3, 0.4) is 0 Å².